The lowest BCUT2D eigenvalue weighted by Gasteiger charge is -2.25. The number of carbonyl (C=O) groups is 1. The molecule has 0 aromatic heterocycles. The normalized spacial score (nSPS) is 12.8. The predicted molar refractivity (Wildman–Crippen MR) is 118 cm³/mol. The van der Waals surface area contributed by atoms with E-state index in [1.54, 1.807) is 32.9 Å². The number of nitrogens with one attached hydrogen (secondary N) is 1. The molecule has 0 bridgehead atoms. The van der Waals surface area contributed by atoms with Gasteiger partial charge in [0, 0.05) is 12.0 Å². The van der Waals surface area contributed by atoms with Crippen molar-refractivity contribution in [1.29, 1.82) is 0 Å². The topological polar surface area (TPSA) is 69.6 Å². The molecule has 3 N–H and O–H groups in total. The van der Waals surface area contributed by atoms with Gasteiger partial charge in [0.1, 0.15) is 5.82 Å². The van der Waals surface area contributed by atoms with Crippen molar-refractivity contribution in [2.75, 3.05) is 6.61 Å². The monoisotopic (exact) mass is 415 g/mol. The predicted octanol–water partition coefficient (Wildman–Crippen LogP) is 3.83. The van der Waals surface area contributed by atoms with E-state index < -0.39 is 17.5 Å². The molecule has 0 unspecified atom stereocenters. The lowest BCUT2D eigenvalue weighted by molar-refractivity contribution is -0.121. The number of aliphatic hydroxyl groups excluding tert-OH is 1. The third kappa shape index (κ3) is 6.64. The molecule has 0 aliphatic heterocycles. The standard InChI is InChI=1S/C25H34FNO3/c1-16(2)20-10-7-9-18(14-25(4,5)30)22(20)12-19(15-28)27-24(29)13-21-17(3)8-6-11-23(21)26/h6-11,16,19,28,30H,12-15H2,1-5H3,(H,27,29)/t19-/m1/s1. The summed E-state index contributed by atoms with van der Waals surface area (Å²) in [6.07, 6.45) is 0.846. The van der Waals surface area contributed by atoms with Crippen LogP contribution in [0.2, 0.25) is 0 Å². The summed E-state index contributed by atoms with van der Waals surface area (Å²) in [4.78, 5) is 12.6. The van der Waals surface area contributed by atoms with E-state index in [0.717, 1.165) is 22.3 Å². The number of carbonyl (C=O) groups excluding carboxylic acids is 1. The molecule has 0 heterocycles. The molecule has 1 atom stereocenters. The molecule has 0 spiro atoms. The number of benzene rings is 2. The fraction of sp³-hybridized carbons (Fsp3) is 0.480. The van der Waals surface area contributed by atoms with Gasteiger partial charge in [-0.3, -0.25) is 4.79 Å². The van der Waals surface area contributed by atoms with Gasteiger partial charge in [-0.05, 0) is 61.4 Å². The largest absolute Gasteiger partial charge is 0.394 e. The van der Waals surface area contributed by atoms with E-state index in [4.69, 9.17) is 0 Å². The molecule has 0 aliphatic carbocycles. The molecule has 2 aromatic rings. The molecule has 2 aromatic carbocycles. The van der Waals surface area contributed by atoms with Gasteiger partial charge in [0.05, 0.1) is 24.7 Å². The van der Waals surface area contributed by atoms with Crippen molar-refractivity contribution in [3.8, 4) is 0 Å². The van der Waals surface area contributed by atoms with Crippen LogP contribution in [0.1, 0.15) is 61.4 Å². The molecular weight excluding hydrogens is 381 g/mol. The SMILES string of the molecule is Cc1cccc(F)c1CC(=O)N[C@@H](CO)Cc1c(CC(C)(C)O)cccc1C(C)C. The molecule has 164 valence electrons. The first-order valence-electron chi connectivity index (χ1n) is 10.5. The maximum absolute atomic E-state index is 14.1. The van der Waals surface area contributed by atoms with Crippen LogP contribution in [0.25, 0.3) is 0 Å². The Bertz CT molecular complexity index is 851. The van der Waals surface area contributed by atoms with Gasteiger partial charge in [-0.1, -0.05) is 44.2 Å². The maximum atomic E-state index is 14.1. The Balaban J connectivity index is 2.23. The summed E-state index contributed by atoms with van der Waals surface area (Å²) in [6, 6.07) is 10.3. The molecule has 0 saturated carbocycles. The average Bonchev–Trinajstić information content (AvgIpc) is 2.64. The van der Waals surface area contributed by atoms with Crippen LogP contribution in [0.5, 0.6) is 0 Å². The van der Waals surface area contributed by atoms with Gasteiger partial charge in [0.2, 0.25) is 5.91 Å². The highest BCUT2D eigenvalue weighted by atomic mass is 19.1. The van der Waals surface area contributed by atoms with Crippen LogP contribution in [0.15, 0.2) is 36.4 Å². The first-order valence-corrected chi connectivity index (χ1v) is 10.5. The van der Waals surface area contributed by atoms with Gasteiger partial charge in [-0.25, -0.2) is 4.39 Å². The molecular formula is C25H34FNO3. The molecule has 0 saturated heterocycles. The van der Waals surface area contributed by atoms with Crippen molar-refractivity contribution in [1.82, 2.24) is 5.32 Å². The smallest absolute Gasteiger partial charge is 0.224 e. The van der Waals surface area contributed by atoms with Crippen molar-refractivity contribution in [2.24, 2.45) is 0 Å². The van der Waals surface area contributed by atoms with Crippen molar-refractivity contribution in [3.05, 3.63) is 70.0 Å². The number of aryl methyl sites for hydroxylation is 1. The van der Waals surface area contributed by atoms with Crippen molar-refractivity contribution < 1.29 is 19.4 Å². The molecule has 0 radical (unpaired) electrons. The maximum Gasteiger partial charge on any atom is 0.224 e. The number of hydrogen-bond acceptors (Lipinski definition) is 3. The van der Waals surface area contributed by atoms with E-state index in [9.17, 15) is 19.4 Å². The minimum Gasteiger partial charge on any atom is -0.394 e. The highest BCUT2D eigenvalue weighted by molar-refractivity contribution is 5.79. The Morgan fingerprint density at radius 2 is 1.80 bits per heavy atom. The van der Waals surface area contributed by atoms with Crippen molar-refractivity contribution in [3.63, 3.8) is 0 Å². The second-order valence-electron chi connectivity index (χ2n) is 8.99. The van der Waals surface area contributed by atoms with Gasteiger partial charge < -0.3 is 15.5 Å². The number of halogens is 1. The first-order chi connectivity index (χ1) is 14.0. The van der Waals surface area contributed by atoms with Crippen LogP contribution in [0, 0.1) is 12.7 Å². The van der Waals surface area contributed by atoms with Gasteiger partial charge >= 0.3 is 0 Å². The molecule has 1 amide bonds. The van der Waals surface area contributed by atoms with E-state index in [1.165, 1.54) is 6.07 Å². The second kappa shape index (κ2) is 10.2. The first kappa shape index (κ1) is 24.0. The summed E-state index contributed by atoms with van der Waals surface area (Å²) in [5.41, 5.74) is 3.40. The van der Waals surface area contributed by atoms with Crippen LogP contribution in [-0.2, 0) is 24.1 Å². The Kier molecular flexibility index (Phi) is 8.16. The van der Waals surface area contributed by atoms with Crippen LogP contribution in [0.4, 0.5) is 4.39 Å². The summed E-state index contributed by atoms with van der Waals surface area (Å²) in [5, 5.41) is 23.1. The minimum atomic E-state index is -0.870. The van der Waals surface area contributed by atoms with E-state index in [1.807, 2.05) is 18.2 Å². The molecule has 5 heteroatoms. The summed E-state index contributed by atoms with van der Waals surface area (Å²) in [5.74, 6) is -0.463. The van der Waals surface area contributed by atoms with Gasteiger partial charge in [0.15, 0.2) is 0 Å². The zero-order valence-electron chi connectivity index (χ0n) is 18.6. The lowest BCUT2D eigenvalue weighted by atomic mass is 9.85. The number of aliphatic hydroxyl groups is 2. The Morgan fingerprint density at radius 1 is 1.13 bits per heavy atom. The fourth-order valence-corrected chi connectivity index (χ4v) is 3.81. The van der Waals surface area contributed by atoms with E-state index in [2.05, 4.69) is 19.2 Å². The quantitative estimate of drug-likeness (QED) is 0.583. The summed E-state index contributed by atoms with van der Waals surface area (Å²) >= 11 is 0. The van der Waals surface area contributed by atoms with Crippen LogP contribution >= 0.6 is 0 Å². The Hall–Kier alpha value is -2.24. The summed E-state index contributed by atoms with van der Waals surface area (Å²) in [7, 11) is 0. The zero-order valence-corrected chi connectivity index (χ0v) is 18.6. The number of amides is 1. The van der Waals surface area contributed by atoms with Crippen LogP contribution < -0.4 is 5.32 Å². The Labute approximate surface area is 179 Å². The van der Waals surface area contributed by atoms with E-state index >= 15 is 0 Å². The lowest BCUT2D eigenvalue weighted by Crippen LogP contribution is -2.40. The molecule has 0 fully saturated rings. The molecule has 4 nitrogen and oxygen atoms in total. The third-order valence-electron chi connectivity index (χ3n) is 5.28. The van der Waals surface area contributed by atoms with E-state index in [-0.39, 0.29) is 24.9 Å². The Morgan fingerprint density at radius 3 is 2.37 bits per heavy atom. The van der Waals surface area contributed by atoms with Gasteiger partial charge in [-0.15, -0.1) is 0 Å². The second-order valence-corrected chi connectivity index (χ2v) is 8.99. The zero-order chi connectivity index (χ0) is 22.5. The fourth-order valence-electron chi connectivity index (χ4n) is 3.81. The van der Waals surface area contributed by atoms with Crippen molar-refractivity contribution in [2.45, 2.75) is 71.4 Å². The average molecular weight is 416 g/mol. The molecule has 0 aliphatic rings. The highest BCUT2D eigenvalue weighted by Crippen LogP contribution is 2.27. The van der Waals surface area contributed by atoms with Crippen LogP contribution in [-0.4, -0.2) is 34.4 Å². The molecule has 2 rings (SSSR count). The van der Waals surface area contributed by atoms with E-state index in [0.29, 0.717) is 18.4 Å². The third-order valence-corrected chi connectivity index (χ3v) is 5.28. The number of hydrogen-bond donors (Lipinski definition) is 3. The molecule has 30 heavy (non-hydrogen) atoms. The van der Waals surface area contributed by atoms with Gasteiger partial charge in [0.25, 0.3) is 0 Å². The van der Waals surface area contributed by atoms with Crippen LogP contribution in [0.3, 0.4) is 0 Å². The number of rotatable bonds is 9. The summed E-state index contributed by atoms with van der Waals surface area (Å²) < 4.78 is 14.1. The van der Waals surface area contributed by atoms with Crippen molar-refractivity contribution >= 4 is 5.91 Å². The minimum absolute atomic E-state index is 0.0721. The summed E-state index contributed by atoms with van der Waals surface area (Å²) in [6.45, 7) is 9.27. The highest BCUT2D eigenvalue weighted by Gasteiger charge is 2.22. The van der Waals surface area contributed by atoms with Gasteiger partial charge in [-0.2, -0.15) is 0 Å².